The van der Waals surface area contributed by atoms with Crippen LogP contribution in [0.1, 0.15) is 19.8 Å². The van der Waals surface area contributed by atoms with Crippen molar-refractivity contribution in [1.82, 2.24) is 19.6 Å². The maximum atomic E-state index is 14.0. The van der Waals surface area contributed by atoms with Crippen LogP contribution in [-0.2, 0) is 0 Å². The van der Waals surface area contributed by atoms with Gasteiger partial charge < -0.3 is 5.32 Å². The molecule has 2 N–H and O–H groups in total. The predicted molar refractivity (Wildman–Crippen MR) is 76.1 cm³/mol. The number of hydrogen-bond donors (Lipinski definition) is 2. The number of imidazole rings is 1. The van der Waals surface area contributed by atoms with Gasteiger partial charge in [-0.15, -0.1) is 0 Å². The summed E-state index contributed by atoms with van der Waals surface area (Å²) < 4.78 is 15.7. The van der Waals surface area contributed by atoms with E-state index in [2.05, 4.69) is 27.3 Å². The smallest absolute Gasteiger partial charge is 0.252 e. The molecule has 0 spiro atoms. The number of aromatic nitrogens is 4. The molecule has 20 heavy (non-hydrogen) atoms. The van der Waals surface area contributed by atoms with Gasteiger partial charge in [0.1, 0.15) is 17.8 Å². The van der Waals surface area contributed by atoms with Gasteiger partial charge in [0.05, 0.1) is 0 Å². The number of H-pyrrole nitrogens is 1. The highest BCUT2D eigenvalue weighted by Crippen LogP contribution is 2.29. The number of rotatable bonds is 5. The zero-order valence-electron chi connectivity index (χ0n) is 11.2. The Bertz CT molecular complexity index is 715. The first-order valence-corrected chi connectivity index (χ1v) is 6.72. The van der Waals surface area contributed by atoms with Crippen LogP contribution in [0.15, 0.2) is 30.6 Å². The zero-order chi connectivity index (χ0) is 13.9. The molecule has 3 aromatic rings. The zero-order valence-corrected chi connectivity index (χ0v) is 11.2. The summed E-state index contributed by atoms with van der Waals surface area (Å²) in [6.07, 6.45) is 3.70. The standard InChI is InChI=1S/C14H16FN5/c1-2-3-8-16-13-12(10-6-4-5-7-11(10)15)19-14-17-9-18-20(13)14/h4-7,9,16H,2-3,8H2,1H3,(H,17,18,19). The number of benzene rings is 1. The first kappa shape index (κ1) is 12.7. The van der Waals surface area contributed by atoms with Gasteiger partial charge in [0.15, 0.2) is 5.82 Å². The Kier molecular flexibility index (Phi) is 3.37. The Hall–Kier alpha value is -2.37. The van der Waals surface area contributed by atoms with Crippen LogP contribution >= 0.6 is 0 Å². The highest BCUT2D eigenvalue weighted by Gasteiger charge is 2.17. The van der Waals surface area contributed by atoms with E-state index in [4.69, 9.17) is 0 Å². The molecule has 0 unspecified atom stereocenters. The maximum Gasteiger partial charge on any atom is 0.252 e. The Labute approximate surface area is 115 Å². The molecule has 0 bridgehead atoms. The number of nitrogens with zero attached hydrogens (tertiary/aromatic N) is 3. The molecule has 3 rings (SSSR count). The van der Waals surface area contributed by atoms with Gasteiger partial charge in [0, 0.05) is 12.1 Å². The van der Waals surface area contributed by atoms with Crippen LogP contribution in [0.25, 0.3) is 17.0 Å². The Balaban J connectivity index is 2.07. The predicted octanol–water partition coefficient (Wildman–Crippen LogP) is 3.08. The average Bonchev–Trinajstić information content (AvgIpc) is 3.02. The van der Waals surface area contributed by atoms with Crippen LogP contribution in [0.5, 0.6) is 0 Å². The van der Waals surface area contributed by atoms with Gasteiger partial charge in [-0.2, -0.15) is 0 Å². The van der Waals surface area contributed by atoms with Crippen LogP contribution in [0.2, 0.25) is 0 Å². The third kappa shape index (κ3) is 2.13. The van der Waals surface area contributed by atoms with Crippen molar-refractivity contribution in [3.05, 3.63) is 36.4 Å². The minimum Gasteiger partial charge on any atom is -0.368 e. The van der Waals surface area contributed by atoms with Gasteiger partial charge in [0.2, 0.25) is 0 Å². The summed E-state index contributed by atoms with van der Waals surface area (Å²) in [5.41, 5.74) is 1.06. The Morgan fingerprint density at radius 1 is 1.35 bits per heavy atom. The number of hydrogen-bond acceptors (Lipinski definition) is 3. The van der Waals surface area contributed by atoms with Gasteiger partial charge in [-0.3, -0.25) is 5.10 Å². The number of aromatic amines is 1. The van der Waals surface area contributed by atoms with Crippen LogP contribution in [-0.4, -0.2) is 26.1 Å². The molecule has 6 heteroatoms. The molecule has 2 aromatic heterocycles. The van der Waals surface area contributed by atoms with Gasteiger partial charge >= 0.3 is 0 Å². The number of fused-ring (bicyclic) bond motifs is 1. The molecule has 0 amide bonds. The fourth-order valence-electron chi connectivity index (χ4n) is 2.15. The maximum absolute atomic E-state index is 14.0. The SMILES string of the molecule is CCCCNc1c(-c2ccccc2F)nc2nc[nH]n12. The highest BCUT2D eigenvalue weighted by atomic mass is 19.1. The third-order valence-electron chi connectivity index (χ3n) is 3.18. The van der Waals surface area contributed by atoms with Crippen molar-refractivity contribution >= 4 is 11.6 Å². The summed E-state index contributed by atoms with van der Waals surface area (Å²) in [5, 5.41) is 6.29. The summed E-state index contributed by atoms with van der Waals surface area (Å²) in [6.45, 7) is 2.94. The molecule has 5 nitrogen and oxygen atoms in total. The summed E-state index contributed by atoms with van der Waals surface area (Å²) in [7, 11) is 0. The van der Waals surface area contributed by atoms with Crippen LogP contribution < -0.4 is 5.32 Å². The number of unbranched alkanes of at least 4 members (excludes halogenated alkanes) is 1. The molecule has 0 aliphatic carbocycles. The fourth-order valence-corrected chi connectivity index (χ4v) is 2.15. The van der Waals surface area contributed by atoms with E-state index < -0.39 is 0 Å². The van der Waals surface area contributed by atoms with Gasteiger partial charge in [-0.05, 0) is 18.6 Å². The molecule has 1 aromatic carbocycles. The summed E-state index contributed by atoms with van der Waals surface area (Å²) in [6, 6.07) is 6.63. The second-order valence-corrected chi connectivity index (χ2v) is 4.59. The lowest BCUT2D eigenvalue weighted by Crippen LogP contribution is -2.05. The van der Waals surface area contributed by atoms with Crippen molar-refractivity contribution in [2.24, 2.45) is 0 Å². The van der Waals surface area contributed by atoms with E-state index in [0.717, 1.165) is 25.2 Å². The summed E-state index contributed by atoms with van der Waals surface area (Å²) in [5.74, 6) is 0.991. The van der Waals surface area contributed by atoms with Crippen molar-refractivity contribution in [3.8, 4) is 11.3 Å². The van der Waals surface area contributed by atoms with E-state index in [1.807, 2.05) is 0 Å². The van der Waals surface area contributed by atoms with E-state index in [9.17, 15) is 4.39 Å². The second-order valence-electron chi connectivity index (χ2n) is 4.59. The largest absolute Gasteiger partial charge is 0.368 e. The molecule has 0 fully saturated rings. The Morgan fingerprint density at radius 3 is 3.00 bits per heavy atom. The highest BCUT2D eigenvalue weighted by molar-refractivity contribution is 5.75. The molecule has 0 aliphatic heterocycles. The lowest BCUT2D eigenvalue weighted by Gasteiger charge is -2.07. The van der Waals surface area contributed by atoms with Crippen molar-refractivity contribution in [3.63, 3.8) is 0 Å². The van der Waals surface area contributed by atoms with E-state index in [1.165, 1.54) is 6.07 Å². The molecule has 0 atom stereocenters. The minimum absolute atomic E-state index is 0.285. The van der Waals surface area contributed by atoms with Gasteiger partial charge in [-0.25, -0.2) is 18.9 Å². The lowest BCUT2D eigenvalue weighted by molar-refractivity contribution is 0.631. The summed E-state index contributed by atoms with van der Waals surface area (Å²) >= 11 is 0. The number of nitrogens with one attached hydrogen (secondary N) is 2. The molecular weight excluding hydrogens is 257 g/mol. The first-order valence-electron chi connectivity index (χ1n) is 6.72. The molecule has 2 heterocycles. The topological polar surface area (TPSA) is 58.0 Å². The first-order chi connectivity index (χ1) is 9.81. The molecule has 0 saturated heterocycles. The van der Waals surface area contributed by atoms with Crippen LogP contribution in [0.4, 0.5) is 10.2 Å². The summed E-state index contributed by atoms with van der Waals surface area (Å²) in [4.78, 5) is 8.52. The Morgan fingerprint density at radius 2 is 2.20 bits per heavy atom. The lowest BCUT2D eigenvalue weighted by atomic mass is 10.1. The van der Waals surface area contributed by atoms with Crippen LogP contribution in [0.3, 0.4) is 0 Å². The average molecular weight is 273 g/mol. The van der Waals surface area contributed by atoms with Gasteiger partial charge in [0.25, 0.3) is 5.78 Å². The van der Waals surface area contributed by atoms with Crippen molar-refractivity contribution in [2.75, 3.05) is 11.9 Å². The minimum atomic E-state index is -0.285. The van der Waals surface area contributed by atoms with E-state index >= 15 is 0 Å². The second kappa shape index (κ2) is 5.32. The molecule has 0 radical (unpaired) electrons. The molecule has 104 valence electrons. The molecule has 0 saturated carbocycles. The number of anilines is 1. The molecular formula is C14H16FN5. The van der Waals surface area contributed by atoms with Crippen molar-refractivity contribution in [1.29, 1.82) is 0 Å². The third-order valence-corrected chi connectivity index (χ3v) is 3.18. The van der Waals surface area contributed by atoms with E-state index in [1.54, 1.807) is 29.0 Å². The fraction of sp³-hybridized carbons (Fsp3) is 0.286. The van der Waals surface area contributed by atoms with E-state index in [-0.39, 0.29) is 5.82 Å². The van der Waals surface area contributed by atoms with Crippen molar-refractivity contribution in [2.45, 2.75) is 19.8 Å². The number of halogens is 1. The van der Waals surface area contributed by atoms with E-state index in [0.29, 0.717) is 17.0 Å². The monoisotopic (exact) mass is 273 g/mol. The van der Waals surface area contributed by atoms with Crippen LogP contribution in [0, 0.1) is 5.82 Å². The molecule has 0 aliphatic rings. The van der Waals surface area contributed by atoms with Crippen molar-refractivity contribution < 1.29 is 4.39 Å². The normalized spacial score (nSPS) is 11.1. The van der Waals surface area contributed by atoms with Gasteiger partial charge in [-0.1, -0.05) is 25.5 Å². The quantitative estimate of drug-likeness (QED) is 0.702.